The number of ether oxygens (including phenoxy) is 1. The van der Waals surface area contributed by atoms with E-state index in [1.807, 2.05) is 47.1 Å². The van der Waals surface area contributed by atoms with Gasteiger partial charge >= 0.3 is 0 Å². The molecule has 1 N–H and O–H groups in total. The summed E-state index contributed by atoms with van der Waals surface area (Å²) in [5.41, 5.74) is 4.27. The lowest BCUT2D eigenvalue weighted by Crippen LogP contribution is -2.43. The number of hydrogen-bond acceptors (Lipinski definition) is 6. The topological polar surface area (TPSA) is 71.8 Å². The number of benzene rings is 2. The molecule has 1 fully saturated rings. The minimum atomic E-state index is -0.0335. The highest BCUT2D eigenvalue weighted by Crippen LogP contribution is 2.30. The molecule has 0 radical (unpaired) electrons. The molecule has 1 amide bonds. The highest BCUT2D eigenvalue weighted by molar-refractivity contribution is 7.20. The second-order valence-electron chi connectivity index (χ2n) is 8.40. The Morgan fingerprint density at radius 2 is 2.03 bits per heavy atom. The Kier molecular flexibility index (Phi) is 6.00. The maximum absolute atomic E-state index is 12.8. The van der Waals surface area contributed by atoms with Crippen LogP contribution in [0.4, 0.5) is 5.13 Å². The van der Waals surface area contributed by atoms with Gasteiger partial charge in [-0.15, -0.1) is 5.10 Å². The summed E-state index contributed by atoms with van der Waals surface area (Å²) in [6.45, 7) is 4.23. The third-order valence-electron chi connectivity index (χ3n) is 6.20. The second-order valence-corrected chi connectivity index (χ2v) is 9.33. The van der Waals surface area contributed by atoms with Crippen LogP contribution in [0.2, 0.25) is 0 Å². The van der Waals surface area contributed by atoms with Gasteiger partial charge in [-0.05, 0) is 55.2 Å². The molecule has 2 aromatic heterocycles. The number of carbonyl (C=O) groups excluding carboxylic acids is 1. The fraction of sp³-hybridized carbons (Fsp3) is 0.320. The molecule has 0 spiro atoms. The zero-order chi connectivity index (χ0) is 22.8. The first-order valence-corrected chi connectivity index (χ1v) is 12.0. The summed E-state index contributed by atoms with van der Waals surface area (Å²) >= 11 is 1.56. The van der Waals surface area contributed by atoms with Crippen LogP contribution in [-0.4, -0.2) is 40.7 Å². The molecule has 1 saturated heterocycles. The van der Waals surface area contributed by atoms with Crippen LogP contribution in [0, 0.1) is 12.8 Å². The van der Waals surface area contributed by atoms with E-state index in [0.717, 1.165) is 52.0 Å². The van der Waals surface area contributed by atoms with Gasteiger partial charge in [0.1, 0.15) is 5.75 Å². The molecule has 0 aliphatic carbocycles. The number of methoxy groups -OCH3 is 1. The Labute approximate surface area is 197 Å². The first-order chi connectivity index (χ1) is 16.1. The molecule has 1 aliphatic heterocycles. The molecule has 2 aromatic carbocycles. The lowest BCUT2D eigenvalue weighted by atomic mass is 9.97. The summed E-state index contributed by atoms with van der Waals surface area (Å²) in [7, 11) is 1.66. The Balaban J connectivity index is 1.25. The lowest BCUT2D eigenvalue weighted by Gasteiger charge is -2.31. The number of nitrogens with one attached hydrogen (secondary N) is 1. The number of imidazole rings is 1. The number of fused-ring (bicyclic) bond motifs is 1. The van der Waals surface area contributed by atoms with Crippen LogP contribution in [0.1, 0.15) is 24.0 Å². The summed E-state index contributed by atoms with van der Waals surface area (Å²) in [6, 6.07) is 16.0. The Hall–Kier alpha value is -3.39. The summed E-state index contributed by atoms with van der Waals surface area (Å²) in [4.78, 5) is 20.7. The Morgan fingerprint density at radius 1 is 1.21 bits per heavy atom. The van der Waals surface area contributed by atoms with Gasteiger partial charge in [-0.25, -0.2) is 9.50 Å². The molecule has 0 saturated carbocycles. The van der Waals surface area contributed by atoms with Gasteiger partial charge in [-0.2, -0.15) is 0 Å². The first kappa shape index (κ1) is 21.5. The van der Waals surface area contributed by atoms with Gasteiger partial charge in [0, 0.05) is 25.2 Å². The normalized spacial score (nSPS) is 16.2. The van der Waals surface area contributed by atoms with Crippen LogP contribution >= 0.6 is 11.3 Å². The molecule has 8 heteroatoms. The van der Waals surface area contributed by atoms with Crippen LogP contribution in [-0.2, 0) is 11.3 Å². The molecular formula is C25H27N5O2S. The maximum Gasteiger partial charge on any atom is 0.225 e. The van der Waals surface area contributed by atoms with Gasteiger partial charge < -0.3 is 15.0 Å². The van der Waals surface area contributed by atoms with Gasteiger partial charge in [0.05, 0.1) is 24.9 Å². The van der Waals surface area contributed by atoms with Crippen molar-refractivity contribution in [1.29, 1.82) is 0 Å². The minimum absolute atomic E-state index is 0.0335. The maximum atomic E-state index is 12.8. The van der Waals surface area contributed by atoms with E-state index in [9.17, 15) is 4.79 Å². The monoisotopic (exact) mass is 461 g/mol. The Bertz CT molecular complexity index is 1230. The molecule has 1 atom stereocenters. The summed E-state index contributed by atoms with van der Waals surface area (Å²) in [6.07, 6.45) is 3.83. The van der Waals surface area contributed by atoms with Gasteiger partial charge in [-0.1, -0.05) is 35.6 Å². The molecule has 33 heavy (non-hydrogen) atoms. The van der Waals surface area contributed by atoms with E-state index in [4.69, 9.17) is 14.8 Å². The van der Waals surface area contributed by atoms with Crippen molar-refractivity contribution in [3.05, 3.63) is 65.9 Å². The van der Waals surface area contributed by atoms with Crippen molar-refractivity contribution in [2.45, 2.75) is 26.3 Å². The van der Waals surface area contributed by atoms with Crippen molar-refractivity contribution in [3.63, 3.8) is 0 Å². The molecule has 4 aromatic rings. The van der Waals surface area contributed by atoms with E-state index in [0.29, 0.717) is 13.1 Å². The number of hydrogen-bond donors (Lipinski definition) is 1. The van der Waals surface area contributed by atoms with Crippen molar-refractivity contribution in [3.8, 4) is 17.0 Å². The van der Waals surface area contributed by atoms with Crippen LogP contribution in [0.3, 0.4) is 0 Å². The van der Waals surface area contributed by atoms with Gasteiger partial charge in [0.15, 0.2) is 0 Å². The standard InChI is InChI=1S/C25H27N5O2S/c1-17-6-3-4-7-19(17)14-26-23(31)20-8-5-13-29(15-20)25-28-30-16-22(27-24(30)33-25)18-9-11-21(32-2)12-10-18/h3-4,6-7,9-12,16,20H,5,8,13-15H2,1-2H3,(H,26,31)/t20-/m1/s1. The van der Waals surface area contributed by atoms with Crippen LogP contribution in [0.5, 0.6) is 5.75 Å². The predicted octanol–water partition coefficient (Wildman–Crippen LogP) is 4.31. The number of nitrogens with zero attached hydrogens (tertiary/aromatic N) is 4. The van der Waals surface area contributed by atoms with Crippen LogP contribution < -0.4 is 15.0 Å². The summed E-state index contributed by atoms with van der Waals surface area (Å²) in [5, 5.41) is 8.80. The number of anilines is 1. The zero-order valence-electron chi connectivity index (χ0n) is 18.8. The van der Waals surface area contributed by atoms with E-state index >= 15 is 0 Å². The number of amides is 1. The van der Waals surface area contributed by atoms with Crippen molar-refractivity contribution >= 4 is 27.3 Å². The molecule has 0 unspecified atom stereocenters. The lowest BCUT2D eigenvalue weighted by molar-refractivity contribution is -0.125. The third-order valence-corrected chi connectivity index (χ3v) is 7.18. The summed E-state index contributed by atoms with van der Waals surface area (Å²) < 4.78 is 7.07. The second kappa shape index (κ2) is 9.23. The number of aromatic nitrogens is 3. The minimum Gasteiger partial charge on any atom is -0.497 e. The molecule has 3 heterocycles. The zero-order valence-corrected chi connectivity index (χ0v) is 19.6. The summed E-state index contributed by atoms with van der Waals surface area (Å²) in [5.74, 6) is 0.905. The van der Waals surface area contributed by atoms with Crippen molar-refractivity contribution in [2.75, 3.05) is 25.1 Å². The van der Waals surface area contributed by atoms with E-state index in [2.05, 4.69) is 29.3 Å². The van der Waals surface area contributed by atoms with E-state index in [1.165, 1.54) is 5.56 Å². The smallest absolute Gasteiger partial charge is 0.225 e. The number of rotatable bonds is 6. The average molecular weight is 462 g/mol. The Morgan fingerprint density at radius 3 is 2.79 bits per heavy atom. The number of carbonyl (C=O) groups is 1. The molecule has 7 nitrogen and oxygen atoms in total. The van der Waals surface area contributed by atoms with E-state index in [-0.39, 0.29) is 11.8 Å². The quantitative estimate of drug-likeness (QED) is 0.463. The largest absolute Gasteiger partial charge is 0.497 e. The fourth-order valence-corrected chi connectivity index (χ4v) is 5.14. The van der Waals surface area contributed by atoms with E-state index < -0.39 is 0 Å². The van der Waals surface area contributed by atoms with Gasteiger partial charge in [0.2, 0.25) is 16.0 Å². The molecule has 0 bridgehead atoms. The number of aryl methyl sites for hydroxylation is 1. The highest BCUT2D eigenvalue weighted by atomic mass is 32.1. The highest BCUT2D eigenvalue weighted by Gasteiger charge is 2.28. The SMILES string of the molecule is COc1ccc(-c2cn3nc(N4CCC[C@@H](C(=O)NCc5ccccc5C)C4)sc3n2)cc1. The van der Waals surface area contributed by atoms with Gasteiger partial charge in [0.25, 0.3) is 0 Å². The van der Waals surface area contributed by atoms with Gasteiger partial charge in [-0.3, -0.25) is 4.79 Å². The molecule has 5 rings (SSSR count). The third kappa shape index (κ3) is 4.57. The van der Waals surface area contributed by atoms with Crippen molar-refractivity contribution in [1.82, 2.24) is 19.9 Å². The van der Waals surface area contributed by atoms with E-state index in [1.54, 1.807) is 18.4 Å². The molecular weight excluding hydrogens is 434 g/mol. The van der Waals surface area contributed by atoms with Crippen molar-refractivity contribution in [2.24, 2.45) is 5.92 Å². The first-order valence-electron chi connectivity index (χ1n) is 11.2. The fourth-order valence-electron chi connectivity index (χ4n) is 4.22. The predicted molar refractivity (Wildman–Crippen MR) is 131 cm³/mol. The van der Waals surface area contributed by atoms with Crippen LogP contribution in [0.25, 0.3) is 16.2 Å². The van der Waals surface area contributed by atoms with Crippen molar-refractivity contribution < 1.29 is 9.53 Å². The molecule has 170 valence electrons. The van der Waals surface area contributed by atoms with Crippen LogP contribution in [0.15, 0.2) is 54.7 Å². The molecule has 1 aliphatic rings. The average Bonchev–Trinajstić information content (AvgIpc) is 3.43. The number of piperidine rings is 1.